The van der Waals surface area contributed by atoms with Gasteiger partial charge in [0, 0.05) is 18.7 Å². The van der Waals surface area contributed by atoms with Crippen molar-refractivity contribution < 1.29 is 5.11 Å². The number of nitrogens with one attached hydrogen (secondary N) is 1. The Hall–Kier alpha value is -1.69. The van der Waals surface area contributed by atoms with Crippen LogP contribution in [0.4, 0.5) is 5.82 Å². The fourth-order valence-electron chi connectivity index (χ4n) is 3.28. The highest BCUT2D eigenvalue weighted by Crippen LogP contribution is 2.36. The van der Waals surface area contributed by atoms with E-state index in [1.165, 1.54) is 12.8 Å². The van der Waals surface area contributed by atoms with Crippen molar-refractivity contribution in [3.63, 3.8) is 0 Å². The first kappa shape index (κ1) is 13.0. The zero-order valence-electron chi connectivity index (χ0n) is 12.3. The van der Waals surface area contributed by atoms with Crippen LogP contribution in [0.1, 0.15) is 44.0 Å². The van der Waals surface area contributed by atoms with Gasteiger partial charge in [0.2, 0.25) is 0 Å². The second kappa shape index (κ2) is 4.94. The third-order valence-corrected chi connectivity index (χ3v) is 4.62. The molecule has 0 saturated heterocycles. The number of rotatable bonds is 4. The van der Waals surface area contributed by atoms with Crippen molar-refractivity contribution in [2.45, 2.75) is 51.1 Å². The van der Waals surface area contributed by atoms with Gasteiger partial charge in [0.25, 0.3) is 0 Å². The van der Waals surface area contributed by atoms with Gasteiger partial charge in [0.1, 0.15) is 11.3 Å². The maximum absolute atomic E-state index is 9.33. The molecule has 2 aromatic heterocycles. The first-order valence-electron chi connectivity index (χ1n) is 7.83. The largest absolute Gasteiger partial charge is 0.396 e. The summed E-state index contributed by atoms with van der Waals surface area (Å²) in [4.78, 5) is 13.7. The molecule has 2 saturated carbocycles. The average Bonchev–Trinajstić information content (AvgIpc) is 3.01. The van der Waals surface area contributed by atoms with Crippen LogP contribution < -0.4 is 5.32 Å². The van der Waals surface area contributed by atoms with Crippen LogP contribution in [-0.2, 0) is 0 Å². The van der Waals surface area contributed by atoms with Crippen molar-refractivity contribution in [1.29, 1.82) is 0 Å². The summed E-state index contributed by atoms with van der Waals surface area (Å²) in [5, 5.41) is 12.8. The standard InChI is InChI=1S/C15H21N5O/c1-9-17-14(19-11-3-4-11)13-15(18-9)20(8-16-13)12-5-2-10(6-12)7-21/h8,10-12,21H,2-7H2,1H3,(H,17,18,19)/t10-,12+/m1/s1. The molecule has 6 nitrogen and oxygen atoms in total. The normalized spacial score (nSPS) is 25.6. The molecule has 0 spiro atoms. The predicted molar refractivity (Wildman–Crippen MR) is 80.2 cm³/mol. The molecule has 21 heavy (non-hydrogen) atoms. The average molecular weight is 287 g/mol. The smallest absolute Gasteiger partial charge is 0.166 e. The van der Waals surface area contributed by atoms with E-state index in [4.69, 9.17) is 0 Å². The van der Waals surface area contributed by atoms with E-state index in [0.29, 0.717) is 18.0 Å². The molecule has 0 radical (unpaired) electrons. The van der Waals surface area contributed by atoms with Crippen LogP contribution >= 0.6 is 0 Å². The highest BCUT2D eigenvalue weighted by molar-refractivity contribution is 5.83. The van der Waals surface area contributed by atoms with Gasteiger partial charge in [-0.15, -0.1) is 0 Å². The van der Waals surface area contributed by atoms with Gasteiger partial charge in [0.15, 0.2) is 11.5 Å². The van der Waals surface area contributed by atoms with Gasteiger partial charge in [-0.25, -0.2) is 15.0 Å². The minimum absolute atomic E-state index is 0.283. The summed E-state index contributed by atoms with van der Waals surface area (Å²) in [6, 6.07) is 0.952. The minimum Gasteiger partial charge on any atom is -0.396 e. The Morgan fingerprint density at radius 2 is 2.14 bits per heavy atom. The number of nitrogens with zero attached hydrogens (tertiary/aromatic N) is 4. The van der Waals surface area contributed by atoms with Crippen molar-refractivity contribution in [2.24, 2.45) is 5.92 Å². The van der Waals surface area contributed by atoms with Crippen LogP contribution in [0.5, 0.6) is 0 Å². The Bertz CT molecular complexity index is 663. The molecule has 0 bridgehead atoms. The first-order valence-corrected chi connectivity index (χ1v) is 7.83. The molecule has 6 heteroatoms. The van der Waals surface area contributed by atoms with E-state index in [0.717, 1.165) is 42.1 Å². The summed E-state index contributed by atoms with van der Waals surface area (Å²) >= 11 is 0. The Kier molecular flexibility index (Phi) is 3.06. The Labute approximate surface area is 123 Å². The summed E-state index contributed by atoms with van der Waals surface area (Å²) in [6.07, 6.45) is 7.50. The monoisotopic (exact) mass is 287 g/mol. The molecule has 0 amide bonds. The predicted octanol–water partition coefficient (Wildman–Crippen LogP) is 2.04. The number of aryl methyl sites for hydroxylation is 1. The topological polar surface area (TPSA) is 75.9 Å². The maximum atomic E-state index is 9.33. The van der Waals surface area contributed by atoms with Crippen molar-refractivity contribution in [3.05, 3.63) is 12.2 Å². The van der Waals surface area contributed by atoms with Crippen molar-refractivity contribution in [1.82, 2.24) is 19.5 Å². The Morgan fingerprint density at radius 3 is 2.86 bits per heavy atom. The number of anilines is 1. The van der Waals surface area contributed by atoms with Crippen LogP contribution in [0, 0.1) is 12.8 Å². The lowest BCUT2D eigenvalue weighted by molar-refractivity contribution is 0.226. The summed E-state index contributed by atoms with van der Waals surface area (Å²) in [6.45, 7) is 2.21. The lowest BCUT2D eigenvalue weighted by Gasteiger charge is -2.13. The molecule has 2 heterocycles. The number of aliphatic hydroxyl groups is 1. The van der Waals surface area contributed by atoms with E-state index in [1.807, 2.05) is 13.3 Å². The Morgan fingerprint density at radius 1 is 1.29 bits per heavy atom. The summed E-state index contributed by atoms with van der Waals surface area (Å²) in [7, 11) is 0. The van der Waals surface area contributed by atoms with Crippen molar-refractivity contribution in [2.75, 3.05) is 11.9 Å². The molecule has 0 aromatic carbocycles. The van der Waals surface area contributed by atoms with Gasteiger partial charge in [-0.3, -0.25) is 0 Å². The number of hydrogen-bond acceptors (Lipinski definition) is 5. The zero-order chi connectivity index (χ0) is 14.4. The first-order chi connectivity index (χ1) is 10.2. The molecular formula is C15H21N5O. The molecule has 2 aliphatic rings. The lowest BCUT2D eigenvalue weighted by atomic mass is 10.1. The number of aromatic nitrogens is 4. The highest BCUT2D eigenvalue weighted by atomic mass is 16.3. The maximum Gasteiger partial charge on any atom is 0.166 e. The van der Waals surface area contributed by atoms with E-state index < -0.39 is 0 Å². The van der Waals surface area contributed by atoms with Crippen LogP contribution in [0.25, 0.3) is 11.2 Å². The highest BCUT2D eigenvalue weighted by Gasteiger charge is 2.28. The quantitative estimate of drug-likeness (QED) is 0.900. The third-order valence-electron chi connectivity index (χ3n) is 4.62. The fourth-order valence-corrected chi connectivity index (χ4v) is 3.28. The van der Waals surface area contributed by atoms with Gasteiger partial charge < -0.3 is 15.0 Å². The summed E-state index contributed by atoms with van der Waals surface area (Å²) in [5.74, 6) is 2.07. The number of imidazole rings is 1. The zero-order valence-corrected chi connectivity index (χ0v) is 12.3. The SMILES string of the molecule is Cc1nc(NC2CC2)c2ncn([C@H]3CC[C@@H](CO)C3)c2n1. The van der Waals surface area contributed by atoms with Gasteiger partial charge in [-0.05, 0) is 44.9 Å². The number of fused-ring (bicyclic) bond motifs is 1. The lowest BCUT2D eigenvalue weighted by Crippen LogP contribution is -2.09. The molecule has 4 rings (SSSR count). The van der Waals surface area contributed by atoms with Crippen LogP contribution in [-0.4, -0.2) is 37.3 Å². The van der Waals surface area contributed by atoms with Gasteiger partial charge in [0.05, 0.1) is 6.33 Å². The third kappa shape index (κ3) is 2.37. The minimum atomic E-state index is 0.283. The molecular weight excluding hydrogens is 266 g/mol. The van der Waals surface area contributed by atoms with E-state index >= 15 is 0 Å². The number of aliphatic hydroxyl groups excluding tert-OH is 1. The van der Waals surface area contributed by atoms with E-state index in [-0.39, 0.29) is 6.61 Å². The molecule has 0 aliphatic heterocycles. The Balaban J connectivity index is 1.71. The molecule has 2 aliphatic carbocycles. The van der Waals surface area contributed by atoms with Crippen molar-refractivity contribution >= 4 is 17.0 Å². The van der Waals surface area contributed by atoms with E-state index in [9.17, 15) is 5.11 Å². The van der Waals surface area contributed by atoms with Gasteiger partial charge in [-0.1, -0.05) is 0 Å². The molecule has 2 fully saturated rings. The van der Waals surface area contributed by atoms with Crippen LogP contribution in [0.3, 0.4) is 0 Å². The molecule has 2 N–H and O–H groups in total. The van der Waals surface area contributed by atoms with Crippen LogP contribution in [0.15, 0.2) is 6.33 Å². The van der Waals surface area contributed by atoms with Crippen LogP contribution in [0.2, 0.25) is 0 Å². The number of hydrogen-bond donors (Lipinski definition) is 2. The van der Waals surface area contributed by atoms with E-state index in [1.54, 1.807) is 0 Å². The van der Waals surface area contributed by atoms with Crippen molar-refractivity contribution in [3.8, 4) is 0 Å². The van der Waals surface area contributed by atoms with Gasteiger partial charge in [-0.2, -0.15) is 0 Å². The molecule has 2 atom stereocenters. The molecule has 112 valence electrons. The van der Waals surface area contributed by atoms with E-state index in [2.05, 4.69) is 24.8 Å². The summed E-state index contributed by atoms with van der Waals surface area (Å²) < 4.78 is 2.18. The molecule has 0 unspecified atom stereocenters. The fraction of sp³-hybridized carbons (Fsp3) is 0.667. The molecule has 2 aromatic rings. The van der Waals surface area contributed by atoms with Gasteiger partial charge >= 0.3 is 0 Å². The summed E-state index contributed by atoms with van der Waals surface area (Å²) in [5.41, 5.74) is 1.80. The second-order valence-electron chi connectivity index (χ2n) is 6.38. The second-order valence-corrected chi connectivity index (χ2v) is 6.38.